The van der Waals surface area contributed by atoms with E-state index in [0.29, 0.717) is 33.0 Å². The van der Waals surface area contributed by atoms with Gasteiger partial charge in [-0.15, -0.1) is 11.3 Å². The molecule has 2 heterocycles. The Morgan fingerprint density at radius 2 is 2.17 bits per heavy atom. The van der Waals surface area contributed by atoms with Gasteiger partial charge in [0.25, 0.3) is 0 Å². The first-order chi connectivity index (χ1) is 11.6. The Hall–Kier alpha value is -1.67. The number of thiophene rings is 1. The standard InChI is InChI=1S/C15H12Cl2N4OS2/c1-2-22-13-10(16)6-9(7-11(13)17)8-18-21-14(19-20-15(21)23)12-4-3-5-24-12/h3-8H,2H2,1H3,(H,20,23)/b18-8-. The number of aromatic amines is 1. The average molecular weight is 399 g/mol. The summed E-state index contributed by atoms with van der Waals surface area (Å²) in [5, 5.41) is 14.2. The summed E-state index contributed by atoms with van der Waals surface area (Å²) in [4.78, 5) is 0.960. The monoisotopic (exact) mass is 398 g/mol. The molecular weight excluding hydrogens is 387 g/mol. The highest BCUT2D eigenvalue weighted by Crippen LogP contribution is 2.33. The molecule has 0 fully saturated rings. The van der Waals surface area contributed by atoms with Gasteiger partial charge in [-0.25, -0.2) is 5.10 Å². The fourth-order valence-electron chi connectivity index (χ4n) is 2.02. The number of H-pyrrole nitrogens is 1. The first-order valence-corrected chi connectivity index (χ1v) is 9.02. The van der Waals surface area contributed by atoms with Gasteiger partial charge in [-0.3, -0.25) is 0 Å². The fraction of sp³-hybridized carbons (Fsp3) is 0.133. The predicted molar refractivity (Wildman–Crippen MR) is 101 cm³/mol. The quantitative estimate of drug-likeness (QED) is 0.471. The number of aromatic nitrogens is 3. The van der Waals surface area contributed by atoms with Crippen LogP contribution in [0.2, 0.25) is 10.0 Å². The average Bonchev–Trinajstić information content (AvgIpc) is 3.18. The van der Waals surface area contributed by atoms with Gasteiger partial charge in [0.15, 0.2) is 11.6 Å². The normalized spacial score (nSPS) is 11.3. The van der Waals surface area contributed by atoms with Crippen LogP contribution in [-0.4, -0.2) is 27.7 Å². The van der Waals surface area contributed by atoms with Gasteiger partial charge in [-0.2, -0.15) is 14.9 Å². The van der Waals surface area contributed by atoms with Crippen LogP contribution in [0, 0.1) is 4.77 Å². The maximum atomic E-state index is 6.20. The number of nitrogens with zero attached hydrogens (tertiary/aromatic N) is 3. The van der Waals surface area contributed by atoms with Crippen molar-refractivity contribution >= 4 is 53.0 Å². The topological polar surface area (TPSA) is 55.2 Å². The van der Waals surface area contributed by atoms with Gasteiger partial charge in [0.05, 0.1) is 27.7 Å². The van der Waals surface area contributed by atoms with E-state index in [1.54, 1.807) is 34.4 Å². The zero-order chi connectivity index (χ0) is 17.1. The molecule has 0 radical (unpaired) electrons. The molecule has 3 rings (SSSR count). The number of benzene rings is 1. The van der Waals surface area contributed by atoms with Crippen molar-refractivity contribution in [1.82, 2.24) is 14.9 Å². The molecule has 0 atom stereocenters. The first-order valence-electron chi connectivity index (χ1n) is 6.97. The predicted octanol–water partition coefficient (Wildman–Crippen LogP) is 5.26. The van der Waals surface area contributed by atoms with Crippen molar-refractivity contribution in [2.75, 3.05) is 6.61 Å². The molecule has 0 spiro atoms. The second-order valence-electron chi connectivity index (χ2n) is 4.63. The second kappa shape index (κ2) is 7.48. The molecule has 1 aromatic carbocycles. The molecule has 124 valence electrons. The summed E-state index contributed by atoms with van der Waals surface area (Å²) in [6.45, 7) is 2.36. The lowest BCUT2D eigenvalue weighted by Gasteiger charge is -2.08. The van der Waals surface area contributed by atoms with E-state index in [-0.39, 0.29) is 0 Å². The zero-order valence-electron chi connectivity index (χ0n) is 12.5. The van der Waals surface area contributed by atoms with E-state index >= 15 is 0 Å². The number of rotatable bonds is 5. The van der Waals surface area contributed by atoms with E-state index < -0.39 is 0 Å². The summed E-state index contributed by atoms with van der Waals surface area (Å²) in [6.07, 6.45) is 1.62. The highest BCUT2D eigenvalue weighted by Gasteiger charge is 2.10. The van der Waals surface area contributed by atoms with Crippen LogP contribution in [0.1, 0.15) is 12.5 Å². The van der Waals surface area contributed by atoms with Crippen LogP contribution >= 0.6 is 46.8 Å². The number of hydrogen-bond acceptors (Lipinski definition) is 5. The molecule has 0 aliphatic carbocycles. The molecule has 0 bridgehead atoms. The van der Waals surface area contributed by atoms with Crippen LogP contribution in [0.25, 0.3) is 10.7 Å². The summed E-state index contributed by atoms with van der Waals surface area (Å²) < 4.78 is 7.37. The van der Waals surface area contributed by atoms with E-state index in [0.717, 1.165) is 10.4 Å². The van der Waals surface area contributed by atoms with Crippen molar-refractivity contribution in [2.45, 2.75) is 6.92 Å². The Morgan fingerprint density at radius 1 is 1.42 bits per heavy atom. The molecule has 5 nitrogen and oxygen atoms in total. The van der Waals surface area contributed by atoms with Crippen LogP contribution in [0.4, 0.5) is 0 Å². The maximum absolute atomic E-state index is 6.20. The van der Waals surface area contributed by atoms with Crippen LogP contribution in [0.5, 0.6) is 5.75 Å². The third-order valence-corrected chi connectivity index (χ3v) is 4.72. The molecule has 9 heteroatoms. The molecule has 0 aliphatic rings. The highest BCUT2D eigenvalue weighted by molar-refractivity contribution is 7.71. The van der Waals surface area contributed by atoms with E-state index in [1.165, 1.54) is 0 Å². The van der Waals surface area contributed by atoms with Gasteiger partial charge in [0, 0.05) is 0 Å². The third kappa shape index (κ3) is 3.54. The van der Waals surface area contributed by atoms with Gasteiger partial charge in [-0.1, -0.05) is 29.3 Å². The minimum atomic E-state index is 0.401. The number of ether oxygens (including phenoxy) is 1. The van der Waals surface area contributed by atoms with Crippen molar-refractivity contribution in [3.63, 3.8) is 0 Å². The Morgan fingerprint density at radius 3 is 2.79 bits per heavy atom. The smallest absolute Gasteiger partial charge is 0.216 e. The lowest BCUT2D eigenvalue weighted by molar-refractivity contribution is 0.340. The zero-order valence-corrected chi connectivity index (χ0v) is 15.6. The van der Waals surface area contributed by atoms with Crippen molar-refractivity contribution in [3.8, 4) is 16.5 Å². The molecule has 2 aromatic heterocycles. The minimum absolute atomic E-state index is 0.401. The van der Waals surface area contributed by atoms with Crippen LogP contribution in [0.3, 0.4) is 0 Å². The van der Waals surface area contributed by atoms with Crippen LogP contribution in [0.15, 0.2) is 34.7 Å². The van der Waals surface area contributed by atoms with Crippen molar-refractivity contribution in [3.05, 3.63) is 50.0 Å². The van der Waals surface area contributed by atoms with E-state index in [1.807, 2.05) is 24.4 Å². The molecule has 0 unspecified atom stereocenters. The first kappa shape index (κ1) is 17.2. The Bertz CT molecular complexity index is 908. The summed E-state index contributed by atoms with van der Waals surface area (Å²) in [7, 11) is 0. The summed E-state index contributed by atoms with van der Waals surface area (Å²) in [6, 6.07) is 7.36. The largest absolute Gasteiger partial charge is 0.491 e. The third-order valence-electron chi connectivity index (χ3n) is 3.02. The van der Waals surface area contributed by atoms with Crippen LogP contribution in [-0.2, 0) is 0 Å². The maximum Gasteiger partial charge on any atom is 0.216 e. The van der Waals surface area contributed by atoms with E-state index in [4.69, 9.17) is 40.2 Å². The molecule has 0 amide bonds. The molecule has 0 aliphatic heterocycles. The summed E-state index contributed by atoms with van der Waals surface area (Å²) >= 11 is 19.2. The van der Waals surface area contributed by atoms with Gasteiger partial charge in [-0.05, 0) is 48.3 Å². The number of nitrogens with one attached hydrogen (secondary N) is 1. The van der Waals surface area contributed by atoms with E-state index in [2.05, 4.69) is 15.3 Å². The summed E-state index contributed by atoms with van der Waals surface area (Å²) in [5.74, 6) is 1.12. The Balaban J connectivity index is 1.95. The van der Waals surface area contributed by atoms with Gasteiger partial charge >= 0.3 is 0 Å². The Labute approximate surface area is 157 Å². The van der Waals surface area contributed by atoms with Crippen molar-refractivity contribution in [2.24, 2.45) is 5.10 Å². The molecule has 0 saturated carbocycles. The minimum Gasteiger partial charge on any atom is -0.491 e. The van der Waals surface area contributed by atoms with Gasteiger partial charge < -0.3 is 4.74 Å². The molecule has 24 heavy (non-hydrogen) atoms. The van der Waals surface area contributed by atoms with Crippen molar-refractivity contribution < 1.29 is 4.74 Å². The lowest BCUT2D eigenvalue weighted by atomic mass is 10.2. The number of hydrogen-bond donors (Lipinski definition) is 1. The van der Waals surface area contributed by atoms with Gasteiger partial charge in [0.2, 0.25) is 4.77 Å². The van der Waals surface area contributed by atoms with E-state index in [9.17, 15) is 0 Å². The van der Waals surface area contributed by atoms with Crippen molar-refractivity contribution in [1.29, 1.82) is 0 Å². The highest BCUT2D eigenvalue weighted by atomic mass is 35.5. The second-order valence-corrected chi connectivity index (χ2v) is 6.78. The number of halogens is 2. The van der Waals surface area contributed by atoms with Gasteiger partial charge in [0.1, 0.15) is 0 Å². The molecule has 3 aromatic rings. The fourth-order valence-corrected chi connectivity index (χ4v) is 3.52. The Kier molecular flexibility index (Phi) is 5.35. The SMILES string of the molecule is CCOc1c(Cl)cc(/C=N\n2c(-c3cccs3)n[nH]c2=S)cc1Cl. The van der Waals surface area contributed by atoms with Crippen LogP contribution < -0.4 is 4.74 Å². The lowest BCUT2D eigenvalue weighted by Crippen LogP contribution is -1.96. The summed E-state index contributed by atoms with van der Waals surface area (Å²) in [5.41, 5.74) is 0.730. The molecule has 1 N–H and O–H groups in total. The molecular formula is C15H12Cl2N4OS2. The molecule has 0 saturated heterocycles.